The van der Waals surface area contributed by atoms with E-state index in [0.717, 1.165) is 23.4 Å². The molecule has 1 aromatic heterocycles. The fourth-order valence-corrected chi connectivity index (χ4v) is 3.99. The number of benzene rings is 2. The van der Waals surface area contributed by atoms with Crippen molar-refractivity contribution < 1.29 is 4.79 Å². The molecule has 0 fully saturated rings. The number of amides is 1. The van der Waals surface area contributed by atoms with Crippen molar-refractivity contribution in [1.82, 2.24) is 15.2 Å². The molecular formula is C21H25N3OS. The summed E-state index contributed by atoms with van der Waals surface area (Å²) in [5, 5.41) is 4.14. The zero-order chi connectivity index (χ0) is 18.4. The van der Waals surface area contributed by atoms with Gasteiger partial charge in [0.15, 0.2) is 0 Å². The number of nitrogens with one attached hydrogen (secondary N) is 1. The Labute approximate surface area is 158 Å². The predicted molar refractivity (Wildman–Crippen MR) is 108 cm³/mol. The summed E-state index contributed by atoms with van der Waals surface area (Å²) in [5.41, 5.74) is 2.33. The number of aryl methyl sites for hydroxylation is 1. The number of fused-ring (bicyclic) bond motifs is 1. The van der Waals surface area contributed by atoms with Crippen LogP contribution in [0, 0.1) is 0 Å². The van der Waals surface area contributed by atoms with Gasteiger partial charge in [-0.2, -0.15) is 0 Å². The summed E-state index contributed by atoms with van der Waals surface area (Å²) in [6.45, 7) is 3.13. The Balaban J connectivity index is 1.43. The van der Waals surface area contributed by atoms with Gasteiger partial charge in [-0.1, -0.05) is 42.5 Å². The molecule has 0 aliphatic rings. The first-order valence-electron chi connectivity index (χ1n) is 8.96. The minimum Gasteiger partial charge on any atom is -0.353 e. The largest absolute Gasteiger partial charge is 0.353 e. The van der Waals surface area contributed by atoms with E-state index in [0.29, 0.717) is 13.1 Å². The van der Waals surface area contributed by atoms with Crippen LogP contribution in [0.1, 0.15) is 23.9 Å². The van der Waals surface area contributed by atoms with Gasteiger partial charge >= 0.3 is 0 Å². The van der Waals surface area contributed by atoms with E-state index in [9.17, 15) is 4.79 Å². The minimum absolute atomic E-state index is 0.0640. The Kier molecular flexibility index (Phi) is 6.36. The molecule has 136 valence electrons. The van der Waals surface area contributed by atoms with Crippen LogP contribution in [-0.4, -0.2) is 35.4 Å². The van der Waals surface area contributed by atoms with E-state index in [1.54, 1.807) is 11.3 Å². The summed E-state index contributed by atoms with van der Waals surface area (Å²) >= 11 is 1.69. The van der Waals surface area contributed by atoms with Gasteiger partial charge in [0, 0.05) is 6.04 Å². The van der Waals surface area contributed by atoms with Crippen LogP contribution < -0.4 is 5.32 Å². The standard InChI is InChI=1S/C21H25N3OS/c1-16(12-13-17-8-4-3-5-9-17)22-20(25)14-24(2)15-21-23-18-10-6-7-11-19(18)26-21/h3-11,16H,12-15H2,1-2H3,(H,22,25). The monoisotopic (exact) mass is 367 g/mol. The number of hydrogen-bond donors (Lipinski definition) is 1. The van der Waals surface area contributed by atoms with Crippen molar-refractivity contribution in [2.75, 3.05) is 13.6 Å². The first-order valence-corrected chi connectivity index (χ1v) is 9.78. The number of thiazole rings is 1. The van der Waals surface area contributed by atoms with Crippen molar-refractivity contribution in [2.24, 2.45) is 0 Å². The van der Waals surface area contributed by atoms with Crippen LogP contribution in [0.4, 0.5) is 0 Å². The molecule has 0 aliphatic carbocycles. The number of carbonyl (C=O) groups excluding carboxylic acids is 1. The third-order valence-corrected chi connectivity index (χ3v) is 5.29. The van der Waals surface area contributed by atoms with Crippen LogP contribution >= 0.6 is 11.3 Å². The van der Waals surface area contributed by atoms with Gasteiger partial charge in [0.2, 0.25) is 5.91 Å². The van der Waals surface area contributed by atoms with Crippen molar-refractivity contribution in [1.29, 1.82) is 0 Å². The molecule has 0 saturated heterocycles. The first kappa shape index (κ1) is 18.5. The Morgan fingerprint density at radius 2 is 1.88 bits per heavy atom. The van der Waals surface area contributed by atoms with Crippen LogP contribution in [0.5, 0.6) is 0 Å². The Hall–Kier alpha value is -2.24. The highest BCUT2D eigenvalue weighted by Gasteiger charge is 2.12. The van der Waals surface area contributed by atoms with Gasteiger partial charge in [-0.15, -0.1) is 11.3 Å². The second-order valence-corrected chi connectivity index (χ2v) is 7.86. The molecule has 0 bridgehead atoms. The molecule has 1 heterocycles. The van der Waals surface area contributed by atoms with E-state index in [2.05, 4.69) is 47.6 Å². The van der Waals surface area contributed by atoms with E-state index < -0.39 is 0 Å². The average Bonchev–Trinajstić information content (AvgIpc) is 3.02. The van der Waals surface area contributed by atoms with Crippen molar-refractivity contribution in [3.05, 3.63) is 65.2 Å². The van der Waals surface area contributed by atoms with Crippen molar-refractivity contribution in [3.63, 3.8) is 0 Å². The molecule has 2 aromatic carbocycles. The molecule has 1 atom stereocenters. The van der Waals surface area contributed by atoms with Crippen molar-refractivity contribution >= 4 is 27.5 Å². The lowest BCUT2D eigenvalue weighted by Gasteiger charge is -2.18. The minimum atomic E-state index is 0.0640. The van der Waals surface area contributed by atoms with E-state index in [1.807, 2.05) is 36.2 Å². The number of likely N-dealkylation sites (N-methyl/N-ethyl adjacent to an activating group) is 1. The van der Waals surface area contributed by atoms with Crippen LogP contribution in [0.15, 0.2) is 54.6 Å². The van der Waals surface area contributed by atoms with Crippen molar-refractivity contribution in [2.45, 2.75) is 32.4 Å². The van der Waals surface area contributed by atoms with Crippen molar-refractivity contribution in [3.8, 4) is 0 Å². The van der Waals surface area contributed by atoms with Gasteiger partial charge < -0.3 is 5.32 Å². The van der Waals surface area contributed by atoms with Gasteiger partial charge in [0.05, 0.1) is 23.3 Å². The number of nitrogens with zero attached hydrogens (tertiary/aromatic N) is 2. The fourth-order valence-electron chi connectivity index (χ4n) is 2.94. The van der Waals surface area contributed by atoms with Gasteiger partial charge in [-0.05, 0) is 44.5 Å². The normalized spacial score (nSPS) is 12.4. The Bertz CT molecular complexity index is 814. The van der Waals surface area contributed by atoms with Crippen LogP contribution in [-0.2, 0) is 17.8 Å². The summed E-state index contributed by atoms with van der Waals surface area (Å²) in [6.07, 6.45) is 1.92. The smallest absolute Gasteiger partial charge is 0.234 e. The maximum absolute atomic E-state index is 12.3. The number of aromatic nitrogens is 1. The molecule has 5 heteroatoms. The molecule has 3 rings (SSSR count). The van der Waals surface area contributed by atoms with E-state index >= 15 is 0 Å². The lowest BCUT2D eigenvalue weighted by molar-refractivity contribution is -0.122. The average molecular weight is 368 g/mol. The summed E-state index contributed by atoms with van der Waals surface area (Å²) in [5.74, 6) is 0.0640. The quantitative estimate of drug-likeness (QED) is 0.657. The highest BCUT2D eigenvalue weighted by Crippen LogP contribution is 2.22. The number of para-hydroxylation sites is 1. The molecule has 0 saturated carbocycles. The highest BCUT2D eigenvalue weighted by atomic mass is 32.1. The molecule has 3 aromatic rings. The molecule has 4 nitrogen and oxygen atoms in total. The molecule has 1 unspecified atom stereocenters. The Morgan fingerprint density at radius 1 is 1.15 bits per heavy atom. The Morgan fingerprint density at radius 3 is 2.65 bits per heavy atom. The van der Waals surface area contributed by atoms with Gasteiger partial charge in [-0.3, -0.25) is 9.69 Å². The molecule has 0 radical (unpaired) electrons. The molecule has 0 spiro atoms. The predicted octanol–water partition coefficient (Wildman–Crippen LogP) is 3.87. The maximum atomic E-state index is 12.3. The van der Waals surface area contributed by atoms with E-state index in [1.165, 1.54) is 10.3 Å². The van der Waals surface area contributed by atoms with E-state index in [4.69, 9.17) is 0 Å². The third kappa shape index (κ3) is 5.38. The number of carbonyl (C=O) groups is 1. The zero-order valence-electron chi connectivity index (χ0n) is 15.3. The molecular weight excluding hydrogens is 342 g/mol. The van der Waals surface area contributed by atoms with E-state index in [-0.39, 0.29) is 11.9 Å². The molecule has 0 aliphatic heterocycles. The second kappa shape index (κ2) is 8.92. The molecule has 26 heavy (non-hydrogen) atoms. The topological polar surface area (TPSA) is 45.2 Å². The molecule has 1 N–H and O–H groups in total. The van der Waals surface area contributed by atoms with Crippen LogP contribution in [0.3, 0.4) is 0 Å². The fraction of sp³-hybridized carbons (Fsp3) is 0.333. The van der Waals surface area contributed by atoms with Crippen LogP contribution in [0.25, 0.3) is 10.2 Å². The number of hydrogen-bond acceptors (Lipinski definition) is 4. The SMILES string of the molecule is CC(CCc1ccccc1)NC(=O)CN(C)Cc1nc2ccccc2s1. The highest BCUT2D eigenvalue weighted by molar-refractivity contribution is 7.18. The van der Waals surface area contributed by atoms with Gasteiger partial charge in [0.1, 0.15) is 5.01 Å². The molecule has 1 amide bonds. The zero-order valence-corrected chi connectivity index (χ0v) is 16.1. The van der Waals surface area contributed by atoms with Crippen LogP contribution in [0.2, 0.25) is 0 Å². The second-order valence-electron chi connectivity index (χ2n) is 6.74. The summed E-state index contributed by atoms with van der Waals surface area (Å²) < 4.78 is 1.19. The summed E-state index contributed by atoms with van der Waals surface area (Å²) in [4.78, 5) is 18.9. The third-order valence-electron chi connectivity index (χ3n) is 4.27. The maximum Gasteiger partial charge on any atom is 0.234 e. The van der Waals surface area contributed by atoms with Gasteiger partial charge in [0.25, 0.3) is 0 Å². The number of rotatable bonds is 8. The summed E-state index contributed by atoms with van der Waals surface area (Å²) in [7, 11) is 1.96. The summed E-state index contributed by atoms with van der Waals surface area (Å²) in [6, 6.07) is 18.7. The van der Waals surface area contributed by atoms with Gasteiger partial charge in [-0.25, -0.2) is 4.98 Å². The lowest BCUT2D eigenvalue weighted by atomic mass is 10.1. The first-order chi connectivity index (χ1) is 12.6. The lowest BCUT2D eigenvalue weighted by Crippen LogP contribution is -2.39.